The molecule has 3 aromatic rings. The molecule has 3 heterocycles. The summed E-state index contributed by atoms with van der Waals surface area (Å²) in [5, 5.41) is 7.67. The van der Waals surface area contributed by atoms with Gasteiger partial charge in [-0.15, -0.1) is 0 Å². The predicted octanol–water partition coefficient (Wildman–Crippen LogP) is 2.26. The third-order valence-electron chi connectivity index (χ3n) is 5.72. The maximum atomic E-state index is 13.3. The van der Waals surface area contributed by atoms with Gasteiger partial charge in [-0.25, -0.2) is 14.8 Å². The number of alkyl carbamates (subject to hydrolysis) is 1. The second-order valence-electron chi connectivity index (χ2n) is 9.82. The van der Waals surface area contributed by atoms with Gasteiger partial charge in [-0.1, -0.05) is 6.07 Å². The molecule has 38 heavy (non-hydrogen) atoms. The summed E-state index contributed by atoms with van der Waals surface area (Å²) in [6, 6.07) is 3.85. The van der Waals surface area contributed by atoms with Crippen molar-refractivity contribution in [2.45, 2.75) is 65.6 Å². The van der Waals surface area contributed by atoms with E-state index in [-0.39, 0.29) is 65.1 Å². The second kappa shape index (κ2) is 10.1. The van der Waals surface area contributed by atoms with Gasteiger partial charge in [-0.2, -0.15) is 0 Å². The first-order chi connectivity index (χ1) is 17.8. The topological polar surface area (TPSA) is 175 Å². The van der Waals surface area contributed by atoms with Crippen LogP contribution in [0.25, 0.3) is 10.9 Å². The quantitative estimate of drug-likeness (QED) is 0.423. The van der Waals surface area contributed by atoms with Crippen LogP contribution in [-0.2, 0) is 20.9 Å². The van der Waals surface area contributed by atoms with Crippen molar-refractivity contribution >= 4 is 40.4 Å². The molecule has 1 fully saturated rings. The molecular formula is C25H28N6O7. The van der Waals surface area contributed by atoms with Crippen molar-refractivity contribution in [2.75, 3.05) is 5.32 Å². The Hall–Kier alpha value is -4.55. The fourth-order valence-corrected chi connectivity index (χ4v) is 4.11. The molecule has 0 spiro atoms. The Balaban J connectivity index is 1.57. The Morgan fingerprint density at radius 1 is 1.18 bits per heavy atom. The number of benzene rings is 1. The van der Waals surface area contributed by atoms with E-state index in [4.69, 9.17) is 9.15 Å². The molecular weight excluding hydrogens is 496 g/mol. The average molecular weight is 525 g/mol. The molecule has 4 rings (SSSR count). The Labute approximate surface area is 217 Å². The zero-order valence-corrected chi connectivity index (χ0v) is 21.6. The number of imide groups is 1. The highest BCUT2D eigenvalue weighted by molar-refractivity contribution is 6.07. The van der Waals surface area contributed by atoms with E-state index in [0.717, 1.165) is 0 Å². The maximum absolute atomic E-state index is 13.3. The summed E-state index contributed by atoms with van der Waals surface area (Å²) < 4.78 is 11.9. The summed E-state index contributed by atoms with van der Waals surface area (Å²) in [6.45, 7) is 8.25. The largest absolute Gasteiger partial charge is 0.444 e. The molecule has 200 valence electrons. The Morgan fingerprint density at radius 2 is 1.92 bits per heavy atom. The number of piperidine rings is 1. The zero-order chi connectivity index (χ0) is 27.8. The van der Waals surface area contributed by atoms with E-state index in [1.54, 1.807) is 52.8 Å². The normalized spacial score (nSPS) is 15.8. The molecule has 0 aliphatic carbocycles. The minimum atomic E-state index is -0.860. The Kier molecular flexibility index (Phi) is 7.03. The monoisotopic (exact) mass is 524 g/mol. The average Bonchev–Trinajstić information content (AvgIpc) is 3.19. The lowest BCUT2D eigenvalue weighted by atomic mass is 10.1. The summed E-state index contributed by atoms with van der Waals surface area (Å²) in [5.41, 5.74) is -0.640. The first-order valence-electron chi connectivity index (χ1n) is 11.9. The van der Waals surface area contributed by atoms with Crippen molar-refractivity contribution in [1.29, 1.82) is 0 Å². The number of anilines is 1. The fourth-order valence-electron chi connectivity index (χ4n) is 4.11. The van der Waals surface area contributed by atoms with Crippen molar-refractivity contribution in [1.82, 2.24) is 25.2 Å². The lowest BCUT2D eigenvalue weighted by Crippen LogP contribution is -2.45. The van der Waals surface area contributed by atoms with Gasteiger partial charge in [0.25, 0.3) is 11.5 Å². The third-order valence-corrected chi connectivity index (χ3v) is 5.72. The van der Waals surface area contributed by atoms with Gasteiger partial charge in [-0.3, -0.25) is 29.1 Å². The Bertz CT molecular complexity index is 1510. The molecule has 1 aliphatic heterocycles. The molecule has 1 unspecified atom stereocenters. The molecule has 1 aliphatic rings. The summed E-state index contributed by atoms with van der Waals surface area (Å²) in [4.78, 5) is 70.8. The van der Waals surface area contributed by atoms with Gasteiger partial charge in [0.05, 0.1) is 17.6 Å². The summed E-state index contributed by atoms with van der Waals surface area (Å²) in [5.74, 6) is -0.952. The van der Waals surface area contributed by atoms with E-state index in [1.165, 1.54) is 4.57 Å². The van der Waals surface area contributed by atoms with E-state index in [9.17, 15) is 24.0 Å². The number of oxazole rings is 1. The predicted molar refractivity (Wildman–Crippen MR) is 134 cm³/mol. The van der Waals surface area contributed by atoms with Gasteiger partial charge in [0.15, 0.2) is 5.69 Å². The maximum Gasteiger partial charge on any atom is 0.408 e. The van der Waals surface area contributed by atoms with Gasteiger partial charge in [0.2, 0.25) is 17.7 Å². The summed E-state index contributed by atoms with van der Waals surface area (Å²) >= 11 is 0. The summed E-state index contributed by atoms with van der Waals surface area (Å²) in [6.07, 6.45) is -0.353. The molecule has 2 aromatic heterocycles. The van der Waals surface area contributed by atoms with Crippen molar-refractivity contribution < 1.29 is 28.3 Å². The number of carbonyl (C=O) groups excluding carboxylic acids is 4. The van der Waals surface area contributed by atoms with Crippen molar-refractivity contribution in [3.63, 3.8) is 0 Å². The number of nitrogens with one attached hydrogen (secondary N) is 3. The minimum Gasteiger partial charge on any atom is -0.444 e. The van der Waals surface area contributed by atoms with Crippen LogP contribution < -0.4 is 21.5 Å². The van der Waals surface area contributed by atoms with Gasteiger partial charge in [0.1, 0.15) is 28.7 Å². The minimum absolute atomic E-state index is 0.00315. The number of aryl methyl sites for hydroxylation is 2. The van der Waals surface area contributed by atoms with Crippen LogP contribution in [0.1, 0.15) is 67.6 Å². The van der Waals surface area contributed by atoms with Gasteiger partial charge >= 0.3 is 6.09 Å². The number of rotatable bonds is 5. The molecule has 3 N–H and O–H groups in total. The highest BCUT2D eigenvalue weighted by Crippen LogP contribution is 2.24. The van der Waals surface area contributed by atoms with Crippen LogP contribution in [0, 0.1) is 13.8 Å². The van der Waals surface area contributed by atoms with E-state index >= 15 is 0 Å². The molecule has 1 atom stereocenters. The highest BCUT2D eigenvalue weighted by atomic mass is 16.6. The Morgan fingerprint density at radius 3 is 2.61 bits per heavy atom. The third kappa shape index (κ3) is 5.56. The van der Waals surface area contributed by atoms with Gasteiger partial charge in [-0.05, 0) is 53.2 Å². The number of ether oxygens (including phenoxy) is 1. The molecule has 0 radical (unpaired) electrons. The van der Waals surface area contributed by atoms with Crippen LogP contribution in [0.5, 0.6) is 0 Å². The molecule has 0 saturated carbocycles. The zero-order valence-electron chi connectivity index (χ0n) is 21.6. The van der Waals surface area contributed by atoms with E-state index < -0.39 is 35.1 Å². The standard InChI is InChI=1S/C25H28N6O7/c1-12-19(30-18(37-12)11-26-24(36)38-25(3,4)5)22(34)28-15-8-6-7-14-20(15)27-13(2)31(23(14)35)16-9-10-17(32)29-21(16)33/h6-8,16H,9-11H2,1-5H3,(H,26,36)(H,28,34)(H,29,32,33). The van der Waals surface area contributed by atoms with Crippen molar-refractivity contribution in [3.8, 4) is 0 Å². The second-order valence-corrected chi connectivity index (χ2v) is 9.82. The first-order valence-corrected chi connectivity index (χ1v) is 11.9. The van der Waals surface area contributed by atoms with Crippen LogP contribution >= 0.6 is 0 Å². The van der Waals surface area contributed by atoms with Crippen LogP contribution in [-0.4, -0.2) is 44.0 Å². The number of amides is 4. The number of hydrogen-bond donors (Lipinski definition) is 3. The first kappa shape index (κ1) is 26.5. The van der Waals surface area contributed by atoms with Gasteiger partial charge in [0, 0.05) is 6.42 Å². The molecule has 4 amide bonds. The fraction of sp³-hybridized carbons (Fsp3) is 0.400. The number of nitrogens with zero attached hydrogens (tertiary/aromatic N) is 3. The van der Waals surface area contributed by atoms with E-state index in [2.05, 4.69) is 25.9 Å². The number of para-hydroxylation sites is 1. The lowest BCUT2D eigenvalue weighted by Gasteiger charge is -2.24. The number of carbonyl (C=O) groups is 4. The molecule has 1 saturated heterocycles. The van der Waals surface area contributed by atoms with Crippen LogP contribution in [0.4, 0.5) is 10.5 Å². The number of hydrogen-bond acceptors (Lipinski definition) is 9. The molecule has 0 bridgehead atoms. The van der Waals surface area contributed by atoms with Crippen LogP contribution in [0.2, 0.25) is 0 Å². The number of aromatic nitrogens is 3. The van der Waals surface area contributed by atoms with E-state index in [1.807, 2.05) is 0 Å². The van der Waals surface area contributed by atoms with E-state index in [0.29, 0.717) is 0 Å². The SMILES string of the molecule is Cc1oc(CNC(=O)OC(C)(C)C)nc1C(=O)Nc1cccc2c(=O)n(C3CCC(=O)NC3=O)c(C)nc12. The van der Waals surface area contributed by atoms with Crippen LogP contribution in [0.3, 0.4) is 0 Å². The molecule has 1 aromatic carbocycles. The van der Waals surface area contributed by atoms with Gasteiger partial charge < -0.3 is 19.8 Å². The number of fused-ring (bicyclic) bond motifs is 1. The molecule has 13 heteroatoms. The molecule has 13 nitrogen and oxygen atoms in total. The van der Waals surface area contributed by atoms with Crippen LogP contribution in [0.15, 0.2) is 27.4 Å². The summed E-state index contributed by atoms with van der Waals surface area (Å²) in [7, 11) is 0. The lowest BCUT2D eigenvalue weighted by molar-refractivity contribution is -0.135. The van der Waals surface area contributed by atoms with Crippen molar-refractivity contribution in [2.24, 2.45) is 0 Å². The highest BCUT2D eigenvalue weighted by Gasteiger charge is 2.31. The smallest absolute Gasteiger partial charge is 0.408 e. The van der Waals surface area contributed by atoms with Crippen molar-refractivity contribution in [3.05, 3.63) is 51.7 Å².